The van der Waals surface area contributed by atoms with Gasteiger partial charge in [0.2, 0.25) is 0 Å². The number of hydrogen-bond acceptors (Lipinski definition) is 4. The molecule has 2 rings (SSSR count). The van der Waals surface area contributed by atoms with Crippen molar-refractivity contribution in [2.45, 2.75) is 0 Å². The van der Waals surface area contributed by atoms with E-state index in [1.54, 1.807) is 12.4 Å². The standard InChI is InChI=1S/C5H5N3O.C5H5N.H2O/c6-5(9)4-3-7-1-2-8-4;1-2-4-6-5-3-1;/h1-3H,(H2,6,9);1-5H;1H2. The SMILES string of the molecule is NC(=O)c1cnccn1.O.c1ccncc1. The first kappa shape index (κ1) is 13.7. The number of primary amides is 1. The second-order valence-electron chi connectivity index (χ2n) is 2.48. The van der Waals surface area contributed by atoms with Gasteiger partial charge in [0.25, 0.3) is 5.91 Å². The maximum absolute atomic E-state index is 10.3. The van der Waals surface area contributed by atoms with Crippen LogP contribution >= 0.6 is 0 Å². The summed E-state index contributed by atoms with van der Waals surface area (Å²) in [7, 11) is 0. The minimum Gasteiger partial charge on any atom is -0.412 e. The Morgan fingerprint density at radius 1 is 1.00 bits per heavy atom. The van der Waals surface area contributed by atoms with Crippen molar-refractivity contribution >= 4 is 5.91 Å². The lowest BCUT2D eigenvalue weighted by Crippen LogP contribution is -2.12. The highest BCUT2D eigenvalue weighted by molar-refractivity contribution is 5.90. The average Bonchev–Trinajstić information content (AvgIpc) is 2.33. The zero-order chi connectivity index (χ0) is 10.9. The molecule has 0 saturated carbocycles. The van der Waals surface area contributed by atoms with Crippen LogP contribution in [0, 0.1) is 0 Å². The van der Waals surface area contributed by atoms with Crippen LogP contribution in [-0.2, 0) is 0 Å². The number of amides is 1. The van der Waals surface area contributed by atoms with Gasteiger partial charge in [0.05, 0.1) is 6.20 Å². The first-order valence-corrected chi connectivity index (χ1v) is 4.21. The second-order valence-corrected chi connectivity index (χ2v) is 2.48. The van der Waals surface area contributed by atoms with Crippen molar-refractivity contribution in [2.24, 2.45) is 5.73 Å². The predicted molar refractivity (Wildman–Crippen MR) is 58.4 cm³/mol. The van der Waals surface area contributed by atoms with Gasteiger partial charge in [-0.1, -0.05) is 6.07 Å². The second kappa shape index (κ2) is 8.01. The molecule has 0 aliphatic rings. The molecule has 0 unspecified atom stereocenters. The van der Waals surface area contributed by atoms with Gasteiger partial charge in [0.15, 0.2) is 0 Å². The lowest BCUT2D eigenvalue weighted by Gasteiger charge is -1.87. The van der Waals surface area contributed by atoms with Crippen molar-refractivity contribution in [3.8, 4) is 0 Å². The van der Waals surface area contributed by atoms with Crippen LogP contribution in [0.5, 0.6) is 0 Å². The predicted octanol–water partition coefficient (Wildman–Crippen LogP) is -0.168. The lowest BCUT2D eigenvalue weighted by molar-refractivity contribution is 0.0995. The van der Waals surface area contributed by atoms with Crippen molar-refractivity contribution in [3.05, 3.63) is 54.9 Å². The van der Waals surface area contributed by atoms with Crippen molar-refractivity contribution in [2.75, 3.05) is 0 Å². The Morgan fingerprint density at radius 3 is 1.94 bits per heavy atom. The number of hydrogen-bond donors (Lipinski definition) is 1. The van der Waals surface area contributed by atoms with Gasteiger partial charge < -0.3 is 11.2 Å². The molecule has 0 fully saturated rings. The quantitative estimate of drug-likeness (QED) is 0.718. The topological polar surface area (TPSA) is 113 Å². The fourth-order valence-electron chi connectivity index (χ4n) is 0.739. The molecule has 0 bridgehead atoms. The largest absolute Gasteiger partial charge is 0.412 e. The zero-order valence-corrected chi connectivity index (χ0v) is 8.45. The van der Waals surface area contributed by atoms with Gasteiger partial charge in [-0.2, -0.15) is 0 Å². The third kappa shape index (κ3) is 5.40. The average molecular weight is 220 g/mol. The van der Waals surface area contributed by atoms with Gasteiger partial charge in [-0.3, -0.25) is 14.8 Å². The van der Waals surface area contributed by atoms with E-state index >= 15 is 0 Å². The monoisotopic (exact) mass is 220 g/mol. The molecule has 2 aromatic rings. The molecule has 0 aliphatic carbocycles. The summed E-state index contributed by atoms with van der Waals surface area (Å²) in [5, 5.41) is 0. The summed E-state index contributed by atoms with van der Waals surface area (Å²) in [5.74, 6) is -0.553. The molecule has 4 N–H and O–H groups in total. The van der Waals surface area contributed by atoms with E-state index in [2.05, 4.69) is 15.0 Å². The first-order valence-electron chi connectivity index (χ1n) is 4.21. The Bertz CT molecular complexity index is 367. The first-order chi connectivity index (χ1) is 7.30. The number of carbonyl (C=O) groups excluding carboxylic acids is 1. The Balaban J connectivity index is 0.000000283. The molecule has 0 radical (unpaired) electrons. The summed E-state index contributed by atoms with van der Waals surface area (Å²) in [6.07, 6.45) is 7.72. The van der Waals surface area contributed by atoms with E-state index < -0.39 is 5.91 Å². The molecular formula is C10H12N4O2. The van der Waals surface area contributed by atoms with Gasteiger partial charge in [0, 0.05) is 24.8 Å². The summed E-state index contributed by atoms with van der Waals surface area (Å²) in [6.45, 7) is 0. The number of nitrogens with zero attached hydrogens (tertiary/aromatic N) is 3. The molecule has 1 amide bonds. The molecule has 2 heterocycles. The van der Waals surface area contributed by atoms with E-state index in [1.165, 1.54) is 18.6 Å². The molecule has 84 valence electrons. The highest BCUT2D eigenvalue weighted by Crippen LogP contribution is 1.84. The van der Waals surface area contributed by atoms with Crippen LogP contribution in [0.2, 0.25) is 0 Å². The van der Waals surface area contributed by atoms with E-state index in [9.17, 15) is 4.79 Å². The van der Waals surface area contributed by atoms with Crippen molar-refractivity contribution in [1.82, 2.24) is 15.0 Å². The van der Waals surface area contributed by atoms with E-state index in [4.69, 9.17) is 5.73 Å². The molecular weight excluding hydrogens is 208 g/mol. The molecule has 6 nitrogen and oxygen atoms in total. The maximum Gasteiger partial charge on any atom is 0.268 e. The molecule has 0 atom stereocenters. The van der Waals surface area contributed by atoms with Crippen LogP contribution in [0.1, 0.15) is 10.5 Å². The van der Waals surface area contributed by atoms with Gasteiger partial charge in [-0.15, -0.1) is 0 Å². The van der Waals surface area contributed by atoms with Crippen molar-refractivity contribution in [1.29, 1.82) is 0 Å². The van der Waals surface area contributed by atoms with E-state index in [-0.39, 0.29) is 11.2 Å². The van der Waals surface area contributed by atoms with Crippen LogP contribution in [0.15, 0.2) is 49.2 Å². The minimum atomic E-state index is -0.553. The minimum absolute atomic E-state index is 0. The molecule has 0 saturated heterocycles. The van der Waals surface area contributed by atoms with Crippen molar-refractivity contribution in [3.63, 3.8) is 0 Å². The highest BCUT2D eigenvalue weighted by atomic mass is 16.1. The Hall–Kier alpha value is -2.34. The molecule has 0 aliphatic heterocycles. The summed E-state index contributed by atoms with van der Waals surface area (Å²) in [5.41, 5.74) is 5.06. The third-order valence-electron chi connectivity index (χ3n) is 1.38. The molecule has 0 aromatic carbocycles. The van der Waals surface area contributed by atoms with Crippen LogP contribution in [0.3, 0.4) is 0 Å². The Kier molecular flexibility index (Phi) is 6.84. The normalized spacial score (nSPS) is 8.00. The Morgan fingerprint density at radius 2 is 1.69 bits per heavy atom. The summed E-state index contributed by atoms with van der Waals surface area (Å²) in [4.78, 5) is 21.4. The molecule has 2 aromatic heterocycles. The van der Waals surface area contributed by atoms with Crippen LogP contribution < -0.4 is 5.73 Å². The number of carbonyl (C=O) groups is 1. The van der Waals surface area contributed by atoms with Gasteiger partial charge in [-0.05, 0) is 12.1 Å². The Labute approximate surface area is 92.5 Å². The summed E-state index contributed by atoms with van der Waals surface area (Å²) < 4.78 is 0. The number of nitrogens with two attached hydrogens (primary N) is 1. The van der Waals surface area contributed by atoms with E-state index in [1.807, 2.05) is 18.2 Å². The highest BCUT2D eigenvalue weighted by Gasteiger charge is 1.97. The number of pyridine rings is 1. The lowest BCUT2D eigenvalue weighted by atomic mass is 10.4. The van der Waals surface area contributed by atoms with E-state index in [0.717, 1.165) is 0 Å². The number of rotatable bonds is 1. The molecule has 6 heteroatoms. The van der Waals surface area contributed by atoms with Crippen LogP contribution in [-0.4, -0.2) is 26.3 Å². The van der Waals surface area contributed by atoms with Gasteiger partial charge in [-0.25, -0.2) is 4.98 Å². The molecule has 0 spiro atoms. The van der Waals surface area contributed by atoms with Gasteiger partial charge >= 0.3 is 0 Å². The van der Waals surface area contributed by atoms with E-state index in [0.29, 0.717) is 0 Å². The summed E-state index contributed by atoms with van der Waals surface area (Å²) >= 11 is 0. The fourth-order valence-corrected chi connectivity index (χ4v) is 0.739. The third-order valence-corrected chi connectivity index (χ3v) is 1.38. The van der Waals surface area contributed by atoms with Gasteiger partial charge in [0.1, 0.15) is 5.69 Å². The summed E-state index contributed by atoms with van der Waals surface area (Å²) in [6, 6.07) is 5.72. The van der Waals surface area contributed by atoms with Crippen LogP contribution in [0.4, 0.5) is 0 Å². The van der Waals surface area contributed by atoms with Crippen LogP contribution in [0.25, 0.3) is 0 Å². The van der Waals surface area contributed by atoms with Crippen molar-refractivity contribution < 1.29 is 10.3 Å². The maximum atomic E-state index is 10.3. The fraction of sp³-hybridized carbons (Fsp3) is 0. The smallest absolute Gasteiger partial charge is 0.268 e. The number of aromatic nitrogens is 3. The molecule has 16 heavy (non-hydrogen) atoms. The zero-order valence-electron chi connectivity index (χ0n) is 8.45.